The summed E-state index contributed by atoms with van der Waals surface area (Å²) < 4.78 is 6.48. The Morgan fingerprint density at radius 1 is 1.18 bits per heavy atom. The van der Waals surface area contributed by atoms with Gasteiger partial charge >= 0.3 is 12.1 Å². The standard InChI is InChI=1S/C28H45N5O5/c1-18(2)29-27(36)30-23-11-12-24-21(13-23)14-26(35)33(20(4)17-34)15-19(3)25(38-24)16-32(5)28(37)31-22-9-7-6-8-10-22/h11-13,18-20,22,25,34H,6-10,14-17H2,1-5H3,(H,31,37)(H2,29,30,36)/t19-,20-,25-/m1/s1. The third-order valence-electron chi connectivity index (χ3n) is 7.33. The summed E-state index contributed by atoms with van der Waals surface area (Å²) in [5.74, 6) is 0.305. The number of nitrogens with one attached hydrogen (secondary N) is 3. The predicted octanol–water partition coefficient (Wildman–Crippen LogP) is 3.34. The van der Waals surface area contributed by atoms with Gasteiger partial charge in [0.05, 0.1) is 25.6 Å². The highest BCUT2D eigenvalue weighted by molar-refractivity contribution is 5.90. The molecule has 0 bridgehead atoms. The topological polar surface area (TPSA) is 123 Å². The first-order valence-electron chi connectivity index (χ1n) is 13.9. The number of ether oxygens (including phenoxy) is 1. The number of carbonyl (C=O) groups excluding carboxylic acids is 3. The molecule has 0 aromatic heterocycles. The van der Waals surface area contributed by atoms with Crippen LogP contribution >= 0.6 is 0 Å². The number of aliphatic hydroxyl groups is 1. The predicted molar refractivity (Wildman–Crippen MR) is 147 cm³/mol. The van der Waals surface area contributed by atoms with Crippen LogP contribution in [0.5, 0.6) is 5.75 Å². The van der Waals surface area contributed by atoms with Gasteiger partial charge in [-0.2, -0.15) is 0 Å². The number of anilines is 1. The summed E-state index contributed by atoms with van der Waals surface area (Å²) in [6.45, 7) is 8.14. The van der Waals surface area contributed by atoms with Gasteiger partial charge in [0.2, 0.25) is 5.91 Å². The minimum absolute atomic E-state index is 0.0177. The van der Waals surface area contributed by atoms with Crippen LogP contribution in [-0.4, -0.2) is 83.8 Å². The zero-order chi connectivity index (χ0) is 27.8. The molecule has 1 aromatic rings. The van der Waals surface area contributed by atoms with Crippen molar-refractivity contribution in [1.29, 1.82) is 0 Å². The number of nitrogens with zero attached hydrogens (tertiary/aromatic N) is 2. The lowest BCUT2D eigenvalue weighted by Crippen LogP contribution is -2.50. The molecule has 5 amide bonds. The van der Waals surface area contributed by atoms with E-state index in [0.29, 0.717) is 30.1 Å². The van der Waals surface area contributed by atoms with Crippen molar-refractivity contribution < 1.29 is 24.2 Å². The molecule has 3 atom stereocenters. The van der Waals surface area contributed by atoms with Gasteiger partial charge in [0.15, 0.2) is 0 Å². The largest absolute Gasteiger partial charge is 0.488 e. The molecule has 0 radical (unpaired) electrons. The first-order valence-corrected chi connectivity index (χ1v) is 13.9. The van der Waals surface area contributed by atoms with E-state index >= 15 is 0 Å². The third kappa shape index (κ3) is 8.24. The molecule has 1 saturated carbocycles. The first-order chi connectivity index (χ1) is 18.1. The lowest BCUT2D eigenvalue weighted by molar-refractivity contribution is -0.134. The van der Waals surface area contributed by atoms with Crippen LogP contribution in [0.4, 0.5) is 15.3 Å². The molecule has 10 heteroatoms. The van der Waals surface area contributed by atoms with Crippen molar-refractivity contribution in [2.75, 3.05) is 32.1 Å². The number of amides is 5. The van der Waals surface area contributed by atoms with E-state index in [2.05, 4.69) is 16.0 Å². The Hall–Kier alpha value is -3.01. The SMILES string of the molecule is CC(C)NC(=O)Nc1ccc2c(c1)CC(=O)N([C@H](C)CO)C[C@@H](C)[C@@H](CN(C)C(=O)NC1CCCCC1)O2. The number of benzene rings is 1. The van der Waals surface area contributed by atoms with E-state index in [1.54, 1.807) is 35.0 Å². The molecular formula is C28H45N5O5. The molecule has 2 aliphatic rings. The first kappa shape index (κ1) is 29.5. The van der Waals surface area contributed by atoms with E-state index in [0.717, 1.165) is 25.7 Å². The summed E-state index contributed by atoms with van der Waals surface area (Å²) in [5.41, 5.74) is 1.19. The minimum Gasteiger partial charge on any atom is -0.488 e. The quantitative estimate of drug-likeness (QED) is 0.430. The van der Waals surface area contributed by atoms with Crippen LogP contribution in [0.2, 0.25) is 0 Å². The average molecular weight is 532 g/mol. The van der Waals surface area contributed by atoms with Gasteiger partial charge < -0.3 is 35.6 Å². The second-order valence-electron chi connectivity index (χ2n) is 11.1. The van der Waals surface area contributed by atoms with Crippen molar-refractivity contribution in [1.82, 2.24) is 20.4 Å². The molecule has 38 heavy (non-hydrogen) atoms. The highest BCUT2D eigenvalue weighted by atomic mass is 16.5. The number of aliphatic hydroxyl groups excluding tert-OH is 1. The van der Waals surface area contributed by atoms with Crippen molar-refractivity contribution in [3.05, 3.63) is 23.8 Å². The number of likely N-dealkylation sites (N-methyl/N-ethyl adjacent to an activating group) is 1. The zero-order valence-electron chi connectivity index (χ0n) is 23.5. The fourth-order valence-electron chi connectivity index (χ4n) is 5.04. The third-order valence-corrected chi connectivity index (χ3v) is 7.33. The molecule has 4 N–H and O–H groups in total. The molecule has 10 nitrogen and oxygen atoms in total. The number of rotatable bonds is 7. The van der Waals surface area contributed by atoms with E-state index in [4.69, 9.17) is 4.74 Å². The molecule has 0 spiro atoms. The van der Waals surface area contributed by atoms with Crippen LogP contribution in [0.3, 0.4) is 0 Å². The van der Waals surface area contributed by atoms with E-state index in [1.165, 1.54) is 6.42 Å². The van der Waals surface area contributed by atoms with Crippen molar-refractivity contribution >= 4 is 23.7 Å². The summed E-state index contributed by atoms with van der Waals surface area (Å²) in [4.78, 5) is 41.9. The summed E-state index contributed by atoms with van der Waals surface area (Å²) in [7, 11) is 1.77. The lowest BCUT2D eigenvalue weighted by Gasteiger charge is -2.34. The maximum absolute atomic E-state index is 13.4. The van der Waals surface area contributed by atoms with Gasteiger partial charge in [-0.3, -0.25) is 4.79 Å². The summed E-state index contributed by atoms with van der Waals surface area (Å²) in [6.07, 6.45) is 5.18. The van der Waals surface area contributed by atoms with E-state index in [1.807, 2.05) is 27.7 Å². The minimum atomic E-state index is -0.391. The number of hydrogen-bond donors (Lipinski definition) is 4. The monoisotopic (exact) mass is 531 g/mol. The Morgan fingerprint density at radius 2 is 1.89 bits per heavy atom. The van der Waals surface area contributed by atoms with Gasteiger partial charge in [0.1, 0.15) is 11.9 Å². The molecule has 0 saturated heterocycles. The Labute approximate surface area is 226 Å². The van der Waals surface area contributed by atoms with Gasteiger partial charge in [0.25, 0.3) is 0 Å². The van der Waals surface area contributed by atoms with Crippen molar-refractivity contribution in [3.63, 3.8) is 0 Å². The molecule has 1 fully saturated rings. The maximum Gasteiger partial charge on any atom is 0.319 e. The second-order valence-corrected chi connectivity index (χ2v) is 11.1. The van der Waals surface area contributed by atoms with Crippen LogP contribution in [-0.2, 0) is 11.2 Å². The van der Waals surface area contributed by atoms with E-state index < -0.39 is 6.10 Å². The summed E-state index contributed by atoms with van der Waals surface area (Å²) >= 11 is 0. The van der Waals surface area contributed by atoms with E-state index in [9.17, 15) is 19.5 Å². The molecule has 1 aliphatic heterocycles. The van der Waals surface area contributed by atoms with Gasteiger partial charge in [-0.05, 0) is 51.8 Å². The van der Waals surface area contributed by atoms with Crippen molar-refractivity contribution in [2.24, 2.45) is 5.92 Å². The van der Waals surface area contributed by atoms with Gasteiger partial charge in [-0.25, -0.2) is 9.59 Å². The number of hydrogen-bond acceptors (Lipinski definition) is 5. The zero-order valence-corrected chi connectivity index (χ0v) is 23.5. The number of carbonyl (C=O) groups is 3. The fraction of sp³-hybridized carbons (Fsp3) is 0.679. The Kier molecular flexibility index (Phi) is 10.6. The van der Waals surface area contributed by atoms with Crippen LogP contribution < -0.4 is 20.7 Å². The van der Waals surface area contributed by atoms with Gasteiger partial charge in [-0.15, -0.1) is 0 Å². The van der Waals surface area contributed by atoms with Crippen LogP contribution in [0, 0.1) is 5.92 Å². The fourth-order valence-corrected chi connectivity index (χ4v) is 5.04. The molecule has 1 aliphatic carbocycles. The molecule has 3 rings (SSSR count). The molecular weight excluding hydrogens is 486 g/mol. The van der Waals surface area contributed by atoms with E-state index in [-0.39, 0.29) is 55.0 Å². The number of urea groups is 2. The summed E-state index contributed by atoms with van der Waals surface area (Å²) in [5, 5.41) is 18.6. The highest BCUT2D eigenvalue weighted by Gasteiger charge is 2.32. The Bertz CT molecular complexity index is 965. The average Bonchev–Trinajstić information content (AvgIpc) is 2.91. The van der Waals surface area contributed by atoms with Crippen molar-refractivity contribution in [3.8, 4) is 5.75 Å². The second kappa shape index (κ2) is 13.7. The smallest absolute Gasteiger partial charge is 0.319 e. The number of fused-ring (bicyclic) bond motifs is 1. The molecule has 1 heterocycles. The maximum atomic E-state index is 13.4. The lowest BCUT2D eigenvalue weighted by atomic mass is 9.96. The molecule has 1 aromatic carbocycles. The summed E-state index contributed by atoms with van der Waals surface area (Å²) in [6, 6.07) is 4.63. The van der Waals surface area contributed by atoms with Crippen molar-refractivity contribution in [2.45, 2.75) is 90.4 Å². The molecule has 212 valence electrons. The van der Waals surface area contributed by atoms with Crippen LogP contribution in [0.15, 0.2) is 18.2 Å². The molecule has 0 unspecified atom stereocenters. The van der Waals surface area contributed by atoms with Gasteiger partial charge in [-0.1, -0.05) is 26.2 Å². The van der Waals surface area contributed by atoms with Gasteiger partial charge in [0, 0.05) is 42.8 Å². The Morgan fingerprint density at radius 3 is 2.55 bits per heavy atom. The highest BCUT2D eigenvalue weighted by Crippen LogP contribution is 2.29. The normalized spacial score (nSPS) is 21.3. The van der Waals surface area contributed by atoms with Crippen LogP contribution in [0.1, 0.15) is 65.4 Å². The van der Waals surface area contributed by atoms with Crippen LogP contribution in [0.25, 0.3) is 0 Å². The Balaban J connectivity index is 1.83.